The molecule has 0 radical (unpaired) electrons. The van der Waals surface area contributed by atoms with E-state index in [1.165, 1.54) is 0 Å². The summed E-state index contributed by atoms with van der Waals surface area (Å²) in [7, 11) is 0. The largest absolute Gasteiger partial charge is 0.395 e. The van der Waals surface area contributed by atoms with E-state index >= 15 is 0 Å². The van der Waals surface area contributed by atoms with Crippen LogP contribution in [0.1, 0.15) is 19.8 Å². The summed E-state index contributed by atoms with van der Waals surface area (Å²) in [6.45, 7) is 4.85. The Kier molecular flexibility index (Phi) is 3.47. The molecular weight excluding hydrogens is 141 g/mol. The van der Waals surface area contributed by atoms with Crippen LogP contribution in [-0.4, -0.2) is 6.18 Å². The molecule has 0 spiro atoms. The van der Waals surface area contributed by atoms with Gasteiger partial charge in [0.1, 0.15) is 0 Å². The van der Waals surface area contributed by atoms with Crippen LogP contribution >= 0.6 is 0 Å². The van der Waals surface area contributed by atoms with Crippen molar-refractivity contribution < 1.29 is 13.2 Å². The Morgan fingerprint density at radius 1 is 1.50 bits per heavy atom. The first-order valence-corrected chi connectivity index (χ1v) is 3.21. The first kappa shape index (κ1) is 9.53. The van der Waals surface area contributed by atoms with Gasteiger partial charge in [-0.3, -0.25) is 0 Å². The Bertz CT molecular complexity index is 104. The molecule has 0 saturated carbocycles. The van der Waals surface area contributed by atoms with E-state index in [4.69, 9.17) is 0 Å². The second kappa shape index (κ2) is 3.64. The van der Waals surface area contributed by atoms with Crippen molar-refractivity contribution in [3.63, 3.8) is 0 Å². The summed E-state index contributed by atoms with van der Waals surface area (Å²) in [5, 5.41) is 0. The van der Waals surface area contributed by atoms with Crippen molar-refractivity contribution in [3.05, 3.63) is 12.7 Å². The second-order valence-corrected chi connectivity index (χ2v) is 2.17. The molecule has 0 aromatic rings. The van der Waals surface area contributed by atoms with Gasteiger partial charge >= 0.3 is 6.18 Å². The zero-order valence-corrected chi connectivity index (χ0v) is 5.91. The average molecular weight is 152 g/mol. The quantitative estimate of drug-likeness (QED) is 0.545. The van der Waals surface area contributed by atoms with E-state index < -0.39 is 12.1 Å². The summed E-state index contributed by atoms with van der Waals surface area (Å²) in [5.41, 5.74) is 0. The number of allylic oxidation sites excluding steroid dienone is 1. The van der Waals surface area contributed by atoms with Crippen LogP contribution in [0.4, 0.5) is 13.2 Å². The lowest BCUT2D eigenvalue weighted by Gasteiger charge is -2.14. The lowest BCUT2D eigenvalue weighted by atomic mass is 10.0. The van der Waals surface area contributed by atoms with Crippen LogP contribution in [0, 0.1) is 5.92 Å². The maximum Gasteiger partial charge on any atom is 0.395 e. The molecule has 0 bridgehead atoms. The highest BCUT2D eigenvalue weighted by Crippen LogP contribution is 2.30. The fraction of sp³-hybridized carbons (Fsp3) is 0.714. The molecule has 0 unspecified atom stereocenters. The third kappa shape index (κ3) is 2.90. The summed E-state index contributed by atoms with van der Waals surface area (Å²) in [4.78, 5) is 0. The minimum atomic E-state index is -4.10. The Morgan fingerprint density at radius 3 is 2.10 bits per heavy atom. The molecule has 3 heteroatoms. The highest BCUT2D eigenvalue weighted by molar-refractivity contribution is 4.83. The zero-order valence-electron chi connectivity index (χ0n) is 5.91. The van der Waals surface area contributed by atoms with Crippen LogP contribution in [0.25, 0.3) is 0 Å². The number of rotatable bonds is 3. The average Bonchev–Trinajstić information content (AvgIpc) is 1.80. The van der Waals surface area contributed by atoms with Gasteiger partial charge in [0.25, 0.3) is 0 Å². The van der Waals surface area contributed by atoms with Gasteiger partial charge in [-0.05, 0) is 6.42 Å². The molecule has 60 valence electrons. The summed E-state index contributed by atoms with van der Waals surface area (Å²) in [6, 6.07) is 0. The third-order valence-corrected chi connectivity index (χ3v) is 1.30. The second-order valence-electron chi connectivity index (χ2n) is 2.17. The highest BCUT2D eigenvalue weighted by atomic mass is 19.4. The van der Waals surface area contributed by atoms with Gasteiger partial charge in [0.2, 0.25) is 0 Å². The van der Waals surface area contributed by atoms with Crippen molar-refractivity contribution in [1.82, 2.24) is 0 Å². The minimum Gasteiger partial charge on any atom is -0.170 e. The number of hydrogen-bond acceptors (Lipinski definition) is 0. The van der Waals surface area contributed by atoms with Crippen molar-refractivity contribution >= 4 is 0 Å². The van der Waals surface area contributed by atoms with E-state index in [1.54, 1.807) is 6.92 Å². The molecule has 0 aliphatic rings. The molecule has 0 aromatic heterocycles. The van der Waals surface area contributed by atoms with E-state index in [1.807, 2.05) is 0 Å². The van der Waals surface area contributed by atoms with Gasteiger partial charge in [-0.2, -0.15) is 13.2 Å². The van der Waals surface area contributed by atoms with Gasteiger partial charge in [-0.25, -0.2) is 0 Å². The molecule has 0 saturated heterocycles. The van der Waals surface area contributed by atoms with E-state index in [-0.39, 0.29) is 6.42 Å². The zero-order chi connectivity index (χ0) is 8.20. The summed E-state index contributed by atoms with van der Waals surface area (Å²) < 4.78 is 35.5. The van der Waals surface area contributed by atoms with E-state index in [9.17, 15) is 13.2 Å². The summed E-state index contributed by atoms with van der Waals surface area (Å²) >= 11 is 0. The monoisotopic (exact) mass is 152 g/mol. The molecule has 1 atom stereocenters. The van der Waals surface area contributed by atoms with E-state index in [0.29, 0.717) is 6.42 Å². The van der Waals surface area contributed by atoms with Gasteiger partial charge in [0.05, 0.1) is 5.92 Å². The van der Waals surface area contributed by atoms with Gasteiger partial charge in [0.15, 0.2) is 0 Å². The lowest BCUT2D eigenvalue weighted by Crippen LogP contribution is -2.20. The van der Waals surface area contributed by atoms with Crippen LogP contribution in [0.5, 0.6) is 0 Å². The summed E-state index contributed by atoms with van der Waals surface area (Å²) in [5.74, 6) is -1.32. The molecule has 0 aliphatic heterocycles. The molecule has 0 heterocycles. The number of alkyl halides is 3. The minimum absolute atomic E-state index is 0.146. The molecule has 0 aliphatic carbocycles. The molecule has 0 rings (SSSR count). The van der Waals surface area contributed by atoms with E-state index in [2.05, 4.69) is 6.58 Å². The lowest BCUT2D eigenvalue weighted by molar-refractivity contribution is -0.162. The van der Waals surface area contributed by atoms with Gasteiger partial charge in [-0.15, -0.1) is 6.58 Å². The number of hydrogen-bond donors (Lipinski definition) is 0. The van der Waals surface area contributed by atoms with Crippen molar-refractivity contribution in [2.75, 3.05) is 0 Å². The van der Waals surface area contributed by atoms with Crippen LogP contribution in [0.3, 0.4) is 0 Å². The fourth-order valence-corrected chi connectivity index (χ4v) is 0.726. The molecule has 0 fully saturated rings. The normalized spacial score (nSPS) is 14.8. The van der Waals surface area contributed by atoms with Crippen molar-refractivity contribution in [1.29, 1.82) is 0 Å². The molecule has 0 N–H and O–H groups in total. The topological polar surface area (TPSA) is 0 Å². The Labute approximate surface area is 58.7 Å². The Morgan fingerprint density at radius 2 is 2.00 bits per heavy atom. The van der Waals surface area contributed by atoms with Crippen molar-refractivity contribution in [2.24, 2.45) is 5.92 Å². The van der Waals surface area contributed by atoms with Crippen LogP contribution in [0.2, 0.25) is 0 Å². The Balaban J connectivity index is 3.93. The first-order chi connectivity index (χ1) is 4.52. The molecule has 0 nitrogen and oxygen atoms in total. The number of halogens is 3. The SMILES string of the molecule is C=C[C@@H](CCC)C(F)(F)F. The van der Waals surface area contributed by atoms with Crippen LogP contribution in [0.15, 0.2) is 12.7 Å². The smallest absolute Gasteiger partial charge is 0.170 e. The van der Waals surface area contributed by atoms with Gasteiger partial charge < -0.3 is 0 Å². The predicted molar refractivity (Wildman–Crippen MR) is 34.6 cm³/mol. The Hall–Kier alpha value is -0.470. The third-order valence-electron chi connectivity index (χ3n) is 1.30. The standard InChI is InChI=1S/C7H11F3/c1-3-5-6(4-2)7(8,9)10/h4,6H,2-3,5H2,1H3/t6-/m0/s1. The fourth-order valence-electron chi connectivity index (χ4n) is 0.726. The summed E-state index contributed by atoms with van der Waals surface area (Å²) in [6.07, 6.45) is -2.45. The highest BCUT2D eigenvalue weighted by Gasteiger charge is 2.36. The van der Waals surface area contributed by atoms with Crippen LogP contribution < -0.4 is 0 Å². The van der Waals surface area contributed by atoms with Crippen molar-refractivity contribution in [2.45, 2.75) is 25.9 Å². The predicted octanol–water partition coefficient (Wildman–Crippen LogP) is 3.15. The molecular formula is C7H11F3. The molecule has 0 aromatic carbocycles. The maximum absolute atomic E-state index is 11.8. The van der Waals surface area contributed by atoms with E-state index in [0.717, 1.165) is 6.08 Å². The maximum atomic E-state index is 11.8. The molecule has 0 amide bonds. The van der Waals surface area contributed by atoms with Crippen LogP contribution in [-0.2, 0) is 0 Å². The molecule has 10 heavy (non-hydrogen) atoms. The van der Waals surface area contributed by atoms with Gasteiger partial charge in [-0.1, -0.05) is 19.4 Å². The van der Waals surface area contributed by atoms with Crippen molar-refractivity contribution in [3.8, 4) is 0 Å². The van der Waals surface area contributed by atoms with Gasteiger partial charge in [0, 0.05) is 0 Å². The first-order valence-electron chi connectivity index (χ1n) is 3.21.